The standard InChI is InChI=1S/C19H20F2N2O3S/c1-27(25,26)23(18-10-9-14(20)11-16(18)21)12-19(24)22-17-8-4-6-13-5-2-3-7-15(13)17/h2-3,5,7,9-11,17H,4,6,8,12H2,1H3,(H,22,24)/t17-/m1/s1. The summed E-state index contributed by atoms with van der Waals surface area (Å²) >= 11 is 0. The number of aryl methyl sites for hydroxylation is 1. The van der Waals surface area contributed by atoms with Crippen molar-refractivity contribution >= 4 is 21.6 Å². The van der Waals surface area contributed by atoms with Crippen molar-refractivity contribution in [3.05, 3.63) is 65.2 Å². The summed E-state index contributed by atoms with van der Waals surface area (Å²) in [5.74, 6) is -2.42. The van der Waals surface area contributed by atoms with Gasteiger partial charge >= 0.3 is 0 Å². The van der Waals surface area contributed by atoms with Gasteiger partial charge in [-0.15, -0.1) is 0 Å². The number of nitrogens with zero attached hydrogens (tertiary/aromatic N) is 1. The van der Waals surface area contributed by atoms with Crippen LogP contribution in [0.5, 0.6) is 0 Å². The summed E-state index contributed by atoms with van der Waals surface area (Å²) in [6, 6.07) is 10.1. The number of sulfonamides is 1. The first-order valence-electron chi connectivity index (χ1n) is 8.55. The van der Waals surface area contributed by atoms with Crippen molar-refractivity contribution in [2.24, 2.45) is 0 Å². The number of nitrogens with one attached hydrogen (secondary N) is 1. The number of rotatable bonds is 5. The number of anilines is 1. The summed E-state index contributed by atoms with van der Waals surface area (Å²) in [6.07, 6.45) is 3.45. The van der Waals surface area contributed by atoms with Crippen LogP contribution in [0, 0.1) is 11.6 Å². The lowest BCUT2D eigenvalue weighted by Gasteiger charge is -2.28. The first kappa shape index (κ1) is 19.3. The minimum absolute atomic E-state index is 0.220. The van der Waals surface area contributed by atoms with E-state index in [-0.39, 0.29) is 11.7 Å². The quantitative estimate of drug-likeness (QED) is 0.848. The maximum Gasteiger partial charge on any atom is 0.241 e. The zero-order valence-electron chi connectivity index (χ0n) is 14.8. The Bertz CT molecular complexity index is 963. The van der Waals surface area contributed by atoms with E-state index >= 15 is 0 Å². The molecule has 0 aromatic heterocycles. The number of benzene rings is 2. The first-order valence-corrected chi connectivity index (χ1v) is 10.4. The predicted molar refractivity (Wildman–Crippen MR) is 98.8 cm³/mol. The Labute approximate surface area is 157 Å². The molecule has 0 unspecified atom stereocenters. The lowest BCUT2D eigenvalue weighted by molar-refractivity contribution is -0.120. The fourth-order valence-corrected chi connectivity index (χ4v) is 4.20. The molecule has 5 nitrogen and oxygen atoms in total. The molecule has 1 atom stereocenters. The zero-order chi connectivity index (χ0) is 19.6. The Morgan fingerprint density at radius 3 is 2.67 bits per heavy atom. The molecule has 0 fully saturated rings. The molecule has 0 radical (unpaired) electrons. The Balaban J connectivity index is 1.80. The molecule has 1 aliphatic carbocycles. The number of amides is 1. The number of hydrogen-bond donors (Lipinski definition) is 1. The molecule has 8 heteroatoms. The van der Waals surface area contributed by atoms with Gasteiger partial charge in [-0.05, 0) is 42.5 Å². The van der Waals surface area contributed by atoms with Gasteiger partial charge < -0.3 is 5.32 Å². The third kappa shape index (κ3) is 4.44. The largest absolute Gasteiger partial charge is 0.348 e. The van der Waals surface area contributed by atoms with Crippen molar-refractivity contribution < 1.29 is 22.0 Å². The van der Waals surface area contributed by atoms with E-state index in [4.69, 9.17) is 0 Å². The van der Waals surface area contributed by atoms with Gasteiger partial charge in [0.1, 0.15) is 18.2 Å². The molecule has 1 amide bonds. The number of carbonyl (C=O) groups excluding carboxylic acids is 1. The van der Waals surface area contributed by atoms with E-state index in [0.29, 0.717) is 10.4 Å². The molecule has 144 valence electrons. The van der Waals surface area contributed by atoms with E-state index in [2.05, 4.69) is 5.32 Å². The van der Waals surface area contributed by atoms with Gasteiger partial charge in [-0.25, -0.2) is 17.2 Å². The summed E-state index contributed by atoms with van der Waals surface area (Å²) in [5.41, 5.74) is 1.80. The molecule has 0 bridgehead atoms. The highest BCUT2D eigenvalue weighted by Crippen LogP contribution is 2.29. The molecule has 0 saturated carbocycles. The van der Waals surface area contributed by atoms with Crippen molar-refractivity contribution in [2.75, 3.05) is 17.1 Å². The smallest absolute Gasteiger partial charge is 0.241 e. The number of carbonyl (C=O) groups is 1. The summed E-state index contributed by atoms with van der Waals surface area (Å²) < 4.78 is 52.0. The van der Waals surface area contributed by atoms with Crippen molar-refractivity contribution in [1.29, 1.82) is 0 Å². The maximum atomic E-state index is 14.1. The Morgan fingerprint density at radius 2 is 1.96 bits per heavy atom. The second-order valence-corrected chi connectivity index (χ2v) is 8.48. The molecule has 0 saturated heterocycles. The van der Waals surface area contributed by atoms with Gasteiger partial charge in [0.15, 0.2) is 0 Å². The Morgan fingerprint density at radius 1 is 1.22 bits per heavy atom. The second kappa shape index (κ2) is 7.64. The Kier molecular flexibility index (Phi) is 5.46. The normalized spacial score (nSPS) is 16.5. The lowest BCUT2D eigenvalue weighted by Crippen LogP contribution is -2.42. The van der Waals surface area contributed by atoms with Crippen LogP contribution in [0.2, 0.25) is 0 Å². The van der Waals surface area contributed by atoms with Gasteiger partial charge in [0.25, 0.3) is 0 Å². The molecule has 2 aromatic carbocycles. The van der Waals surface area contributed by atoms with Crippen LogP contribution in [0.1, 0.15) is 30.0 Å². The number of halogens is 2. The highest BCUT2D eigenvalue weighted by molar-refractivity contribution is 7.92. The van der Waals surface area contributed by atoms with Crippen molar-refractivity contribution in [3.63, 3.8) is 0 Å². The van der Waals surface area contributed by atoms with Gasteiger partial charge in [0.05, 0.1) is 18.0 Å². The van der Waals surface area contributed by atoms with Crippen molar-refractivity contribution in [3.8, 4) is 0 Å². The van der Waals surface area contributed by atoms with Crippen LogP contribution < -0.4 is 9.62 Å². The number of fused-ring (bicyclic) bond motifs is 1. The molecule has 3 rings (SSSR count). The summed E-state index contributed by atoms with van der Waals surface area (Å²) in [6.45, 7) is -0.583. The number of hydrogen-bond acceptors (Lipinski definition) is 3. The molecule has 2 aromatic rings. The predicted octanol–water partition coefficient (Wildman–Crippen LogP) is 2.92. The van der Waals surface area contributed by atoms with Crippen LogP contribution in [-0.4, -0.2) is 27.1 Å². The van der Waals surface area contributed by atoms with Crippen LogP contribution in [0.4, 0.5) is 14.5 Å². The van der Waals surface area contributed by atoms with Crippen LogP contribution >= 0.6 is 0 Å². The highest BCUT2D eigenvalue weighted by atomic mass is 32.2. The molecule has 0 heterocycles. The van der Waals surface area contributed by atoms with E-state index in [1.807, 2.05) is 24.3 Å². The maximum absolute atomic E-state index is 14.1. The fourth-order valence-electron chi connectivity index (χ4n) is 3.34. The molecule has 1 N–H and O–H groups in total. The molecular weight excluding hydrogens is 374 g/mol. The van der Waals surface area contributed by atoms with Gasteiger partial charge in [0.2, 0.25) is 15.9 Å². The zero-order valence-corrected chi connectivity index (χ0v) is 15.6. The van der Waals surface area contributed by atoms with Crippen molar-refractivity contribution in [1.82, 2.24) is 5.32 Å². The lowest BCUT2D eigenvalue weighted by atomic mass is 9.88. The molecule has 1 aliphatic rings. The van der Waals surface area contributed by atoms with Crippen LogP contribution in [0.15, 0.2) is 42.5 Å². The van der Waals surface area contributed by atoms with Crippen molar-refractivity contribution in [2.45, 2.75) is 25.3 Å². The third-order valence-electron chi connectivity index (χ3n) is 4.57. The summed E-state index contributed by atoms with van der Waals surface area (Å²) in [5, 5.41) is 2.84. The van der Waals surface area contributed by atoms with E-state index < -0.39 is 34.1 Å². The minimum atomic E-state index is -3.94. The SMILES string of the molecule is CS(=O)(=O)N(CC(=O)N[C@@H]1CCCc2ccccc21)c1ccc(F)cc1F. The third-order valence-corrected chi connectivity index (χ3v) is 5.70. The Hall–Kier alpha value is -2.48. The minimum Gasteiger partial charge on any atom is -0.348 e. The summed E-state index contributed by atoms with van der Waals surface area (Å²) in [4.78, 5) is 12.5. The first-order chi connectivity index (χ1) is 12.8. The van der Waals surface area contributed by atoms with Gasteiger partial charge in [-0.1, -0.05) is 24.3 Å². The van der Waals surface area contributed by atoms with Crippen LogP contribution in [0.3, 0.4) is 0 Å². The topological polar surface area (TPSA) is 66.5 Å². The van der Waals surface area contributed by atoms with Crippen LogP contribution in [0.25, 0.3) is 0 Å². The molecule has 0 aliphatic heterocycles. The van der Waals surface area contributed by atoms with E-state index in [9.17, 15) is 22.0 Å². The second-order valence-electron chi connectivity index (χ2n) is 6.58. The molecule has 27 heavy (non-hydrogen) atoms. The van der Waals surface area contributed by atoms with Gasteiger partial charge in [0, 0.05) is 6.07 Å². The van der Waals surface area contributed by atoms with Gasteiger partial charge in [-0.3, -0.25) is 9.10 Å². The summed E-state index contributed by atoms with van der Waals surface area (Å²) in [7, 11) is -3.94. The fraction of sp³-hybridized carbons (Fsp3) is 0.316. The van der Waals surface area contributed by atoms with E-state index in [0.717, 1.165) is 48.8 Å². The highest BCUT2D eigenvalue weighted by Gasteiger charge is 2.27. The monoisotopic (exact) mass is 394 g/mol. The average Bonchev–Trinajstić information content (AvgIpc) is 2.60. The van der Waals surface area contributed by atoms with Crippen LogP contribution in [-0.2, 0) is 21.2 Å². The molecular formula is C19H20F2N2O3S. The van der Waals surface area contributed by atoms with E-state index in [1.54, 1.807) is 0 Å². The average molecular weight is 394 g/mol. The molecule has 0 spiro atoms. The van der Waals surface area contributed by atoms with Gasteiger partial charge in [-0.2, -0.15) is 0 Å². The van der Waals surface area contributed by atoms with E-state index in [1.165, 1.54) is 0 Å².